The molecule has 2 N–H and O–H groups in total. The number of anilines is 4. The highest BCUT2D eigenvalue weighted by atomic mass is 19.4. The number of benzene rings is 1. The number of pyridine rings is 3. The van der Waals surface area contributed by atoms with Gasteiger partial charge in [-0.2, -0.15) is 26.3 Å². The largest absolute Gasteiger partial charge is 0.475 e. The van der Waals surface area contributed by atoms with Crippen LogP contribution in [0.4, 0.5) is 49.4 Å². The summed E-state index contributed by atoms with van der Waals surface area (Å²) in [5, 5.41) is 5.28. The average Bonchev–Trinajstić information content (AvgIpc) is 3.37. The fraction of sp³-hybridized carbons (Fsp3) is 0.380. The summed E-state index contributed by atoms with van der Waals surface area (Å²) in [4.78, 5) is 64.0. The van der Waals surface area contributed by atoms with Crippen molar-refractivity contribution in [1.29, 1.82) is 0 Å². The Labute approximate surface area is 421 Å². The van der Waals surface area contributed by atoms with E-state index in [1.807, 2.05) is 16.7 Å². The van der Waals surface area contributed by atoms with E-state index in [0.717, 1.165) is 24.4 Å². The number of amides is 2. The first-order valence-electron chi connectivity index (χ1n) is 23.5. The number of ether oxygens (including phenoxy) is 4. The van der Waals surface area contributed by atoms with Gasteiger partial charge in [0.15, 0.2) is 11.6 Å². The third-order valence-corrected chi connectivity index (χ3v) is 11.8. The molecule has 0 aliphatic carbocycles. The standard InChI is InChI=1S/C50H52F6N12O6/c1-6-72-47-44(65-42(25-60-47)38-21-35(23-58-29(38)2)62-45(69)32-17-31(27-66(4)5)18-34(19-32)50(54,55)56)68-12-16-73-37(28-68)8-13-74-48-43(67-10-14-71-15-11-67)64-41(26-61-48)39-22-36(24-59-30(39)3)63-46(70)40-20-33(7-9-57-40)49(51,52)53/h7,9,17-26,37H,6,8,10-16,27-28H2,1-5H3,(H,62,69)(H,63,70). The molecule has 5 aromatic heterocycles. The molecule has 18 nitrogen and oxygen atoms in total. The molecule has 2 aliphatic heterocycles. The fourth-order valence-corrected chi connectivity index (χ4v) is 8.19. The first kappa shape index (κ1) is 52.7. The maximum Gasteiger partial charge on any atom is 0.416 e. The van der Waals surface area contributed by atoms with E-state index in [4.69, 9.17) is 28.9 Å². The second-order valence-electron chi connectivity index (χ2n) is 17.6. The molecule has 390 valence electrons. The first-order chi connectivity index (χ1) is 35.3. The smallest absolute Gasteiger partial charge is 0.416 e. The van der Waals surface area contributed by atoms with Gasteiger partial charge in [-0.15, -0.1) is 0 Å². The predicted octanol–water partition coefficient (Wildman–Crippen LogP) is 7.92. The van der Waals surface area contributed by atoms with Crippen molar-refractivity contribution in [3.63, 3.8) is 0 Å². The Morgan fingerprint density at radius 2 is 1.31 bits per heavy atom. The van der Waals surface area contributed by atoms with Gasteiger partial charge in [0, 0.05) is 73.4 Å². The van der Waals surface area contributed by atoms with Crippen molar-refractivity contribution < 1.29 is 54.9 Å². The maximum atomic E-state index is 13.8. The van der Waals surface area contributed by atoms with Gasteiger partial charge in [-0.1, -0.05) is 0 Å². The van der Waals surface area contributed by atoms with Gasteiger partial charge in [0.05, 0.1) is 97.8 Å². The highest BCUT2D eigenvalue weighted by molar-refractivity contribution is 6.05. The zero-order valence-electron chi connectivity index (χ0n) is 41.0. The van der Waals surface area contributed by atoms with Crippen LogP contribution in [0.5, 0.6) is 11.8 Å². The summed E-state index contributed by atoms with van der Waals surface area (Å²) in [6, 6.07) is 7.99. The number of halogens is 6. The van der Waals surface area contributed by atoms with Crippen molar-refractivity contribution in [2.75, 3.05) is 93.7 Å². The number of aromatic nitrogens is 7. The van der Waals surface area contributed by atoms with Crippen molar-refractivity contribution in [2.24, 2.45) is 0 Å². The second-order valence-corrected chi connectivity index (χ2v) is 17.6. The summed E-state index contributed by atoms with van der Waals surface area (Å²) in [5.41, 5.74) is 1.22. The van der Waals surface area contributed by atoms with Crippen LogP contribution in [0.3, 0.4) is 0 Å². The highest BCUT2D eigenvalue weighted by Gasteiger charge is 2.33. The molecule has 74 heavy (non-hydrogen) atoms. The summed E-state index contributed by atoms with van der Waals surface area (Å²) in [5.74, 6) is -0.147. The molecule has 8 rings (SSSR count). The molecule has 0 spiro atoms. The third kappa shape index (κ3) is 13.0. The van der Waals surface area contributed by atoms with E-state index < -0.39 is 41.0 Å². The Morgan fingerprint density at radius 1 is 0.716 bits per heavy atom. The van der Waals surface area contributed by atoms with Gasteiger partial charge < -0.3 is 44.3 Å². The molecule has 2 fully saturated rings. The van der Waals surface area contributed by atoms with Crippen molar-refractivity contribution in [2.45, 2.75) is 52.2 Å². The summed E-state index contributed by atoms with van der Waals surface area (Å²) in [6.07, 6.45) is -2.45. The van der Waals surface area contributed by atoms with Crippen molar-refractivity contribution >= 4 is 34.8 Å². The third-order valence-electron chi connectivity index (χ3n) is 11.8. The van der Waals surface area contributed by atoms with E-state index in [0.29, 0.717) is 116 Å². The quantitative estimate of drug-likeness (QED) is 0.0887. The average molecular weight is 1030 g/mol. The number of nitrogens with one attached hydrogen (secondary N) is 2. The van der Waals surface area contributed by atoms with Crippen LogP contribution in [0.15, 0.2) is 73.4 Å². The Kier molecular flexibility index (Phi) is 16.2. The number of nitrogens with zero attached hydrogens (tertiary/aromatic N) is 10. The molecule has 7 heterocycles. The summed E-state index contributed by atoms with van der Waals surface area (Å²) < 4.78 is 106. The molecular formula is C50H52F6N12O6. The van der Waals surface area contributed by atoms with Crippen LogP contribution in [0.1, 0.15) is 62.3 Å². The van der Waals surface area contributed by atoms with Crippen LogP contribution < -0.4 is 29.9 Å². The lowest BCUT2D eigenvalue weighted by atomic mass is 10.0. The number of hydrogen-bond donors (Lipinski definition) is 2. The molecule has 0 radical (unpaired) electrons. The topological polar surface area (TPSA) is 195 Å². The summed E-state index contributed by atoms with van der Waals surface area (Å²) in [6.45, 7) is 9.07. The second kappa shape index (κ2) is 22.7. The van der Waals surface area contributed by atoms with Gasteiger partial charge in [0.1, 0.15) is 5.69 Å². The molecule has 1 unspecified atom stereocenters. The van der Waals surface area contributed by atoms with E-state index in [-0.39, 0.29) is 48.0 Å². The molecule has 0 bridgehead atoms. The molecule has 2 aliphatic rings. The number of carbonyl (C=O) groups is 2. The summed E-state index contributed by atoms with van der Waals surface area (Å²) in [7, 11) is 3.44. The molecule has 1 aromatic carbocycles. The van der Waals surface area contributed by atoms with Crippen molar-refractivity contribution in [1.82, 2.24) is 39.8 Å². The van der Waals surface area contributed by atoms with E-state index in [2.05, 4.69) is 35.6 Å². The van der Waals surface area contributed by atoms with E-state index in [1.54, 1.807) is 45.0 Å². The highest BCUT2D eigenvalue weighted by Crippen LogP contribution is 2.35. The normalized spacial score (nSPS) is 15.3. The number of aryl methyl sites for hydroxylation is 2. The van der Waals surface area contributed by atoms with Crippen LogP contribution in [0, 0.1) is 13.8 Å². The van der Waals surface area contributed by atoms with Gasteiger partial charge in [-0.05, 0) is 82.9 Å². The fourth-order valence-electron chi connectivity index (χ4n) is 8.19. The van der Waals surface area contributed by atoms with Crippen molar-refractivity contribution in [3.05, 3.63) is 113 Å². The monoisotopic (exact) mass is 1030 g/mol. The Bertz CT molecular complexity index is 2990. The lowest BCUT2D eigenvalue weighted by Gasteiger charge is -2.34. The Morgan fingerprint density at radius 3 is 1.92 bits per heavy atom. The van der Waals surface area contributed by atoms with Gasteiger partial charge in [-0.25, -0.2) is 19.9 Å². The van der Waals surface area contributed by atoms with Gasteiger partial charge >= 0.3 is 12.4 Å². The summed E-state index contributed by atoms with van der Waals surface area (Å²) >= 11 is 0. The van der Waals surface area contributed by atoms with E-state index >= 15 is 0 Å². The molecule has 0 saturated carbocycles. The van der Waals surface area contributed by atoms with Crippen LogP contribution in [-0.2, 0) is 28.4 Å². The number of morpholine rings is 2. The number of carbonyl (C=O) groups excluding carboxylic acids is 2. The molecule has 24 heteroatoms. The molecule has 1 atom stereocenters. The van der Waals surface area contributed by atoms with E-state index in [1.165, 1.54) is 30.9 Å². The van der Waals surface area contributed by atoms with Crippen LogP contribution in [0.2, 0.25) is 0 Å². The van der Waals surface area contributed by atoms with Gasteiger partial charge in [-0.3, -0.25) is 24.5 Å². The van der Waals surface area contributed by atoms with Gasteiger partial charge in [0.25, 0.3) is 23.6 Å². The van der Waals surface area contributed by atoms with Crippen molar-refractivity contribution in [3.8, 4) is 34.3 Å². The number of rotatable bonds is 16. The SMILES string of the molecule is CCOc1ncc(-c2cc(NC(=O)c3cc(CN(C)C)cc(C(F)(F)F)c3)cnc2C)nc1N1CCOC(CCOc2ncc(-c3cc(NC(=O)c4cc(C(F)(F)F)ccn4)cnc3C)nc2N2CCOCC2)C1. The number of alkyl halides is 6. The van der Waals surface area contributed by atoms with E-state index in [9.17, 15) is 35.9 Å². The minimum atomic E-state index is -4.66. The zero-order chi connectivity index (χ0) is 52.7. The molecule has 2 amide bonds. The first-order valence-corrected chi connectivity index (χ1v) is 23.5. The maximum absolute atomic E-state index is 13.8. The molecular weight excluding hydrogens is 979 g/mol. The lowest BCUT2D eigenvalue weighted by Crippen LogP contribution is -2.43. The Hall–Kier alpha value is -7.57. The molecule has 2 saturated heterocycles. The predicted molar refractivity (Wildman–Crippen MR) is 260 cm³/mol. The Balaban J connectivity index is 0.966. The molecule has 6 aromatic rings. The minimum Gasteiger partial charge on any atom is -0.475 e. The lowest BCUT2D eigenvalue weighted by molar-refractivity contribution is -0.138. The number of hydrogen-bond acceptors (Lipinski definition) is 16. The van der Waals surface area contributed by atoms with Crippen LogP contribution >= 0.6 is 0 Å². The van der Waals surface area contributed by atoms with Crippen LogP contribution in [0.25, 0.3) is 22.5 Å². The van der Waals surface area contributed by atoms with Gasteiger partial charge in [0.2, 0.25) is 0 Å². The van der Waals surface area contributed by atoms with Crippen LogP contribution in [-0.4, -0.2) is 131 Å². The minimum absolute atomic E-state index is 0.157. The zero-order valence-corrected chi connectivity index (χ0v) is 41.0.